The van der Waals surface area contributed by atoms with Gasteiger partial charge in [0.1, 0.15) is 5.75 Å². The zero-order chi connectivity index (χ0) is 21.2. The first-order valence-electron chi connectivity index (χ1n) is 10.3. The molecule has 0 aliphatic carbocycles. The number of piperazine rings is 1. The number of methoxy groups -OCH3 is 1. The Morgan fingerprint density at radius 3 is 2.39 bits per heavy atom. The average molecular weight is 413 g/mol. The summed E-state index contributed by atoms with van der Waals surface area (Å²) in [6, 6.07) is 17.7. The number of nitrogens with zero attached hydrogens (tertiary/aromatic N) is 5. The molecule has 1 aliphatic heterocycles. The van der Waals surface area contributed by atoms with Crippen LogP contribution < -0.4 is 9.64 Å². The number of hydrogen-bond acceptors (Lipinski definition) is 5. The summed E-state index contributed by atoms with van der Waals surface area (Å²) in [4.78, 5) is 26.3. The molecule has 2 aromatic heterocycles. The van der Waals surface area contributed by atoms with Crippen molar-refractivity contribution in [1.29, 1.82) is 0 Å². The maximum atomic E-state index is 13.5. The van der Waals surface area contributed by atoms with E-state index in [1.54, 1.807) is 25.6 Å². The summed E-state index contributed by atoms with van der Waals surface area (Å²) < 4.78 is 7.38. The van der Waals surface area contributed by atoms with E-state index in [4.69, 9.17) is 4.74 Å². The first-order chi connectivity index (χ1) is 15.3. The first kappa shape index (κ1) is 19.1. The summed E-state index contributed by atoms with van der Waals surface area (Å²) in [5.41, 5.74) is 2.66. The van der Waals surface area contributed by atoms with Crippen LogP contribution in [0.3, 0.4) is 0 Å². The Hall–Kier alpha value is -3.87. The van der Waals surface area contributed by atoms with E-state index in [0.29, 0.717) is 24.6 Å². The maximum absolute atomic E-state index is 13.5. The molecule has 1 aliphatic rings. The van der Waals surface area contributed by atoms with E-state index in [-0.39, 0.29) is 5.91 Å². The van der Waals surface area contributed by atoms with Crippen LogP contribution in [0, 0.1) is 0 Å². The maximum Gasteiger partial charge on any atom is 0.256 e. The van der Waals surface area contributed by atoms with Crippen molar-refractivity contribution in [3.8, 4) is 11.7 Å². The normalized spacial score (nSPS) is 14.1. The number of carbonyl (C=O) groups excluding carboxylic acids is 1. The van der Waals surface area contributed by atoms with Crippen LogP contribution in [0.2, 0.25) is 0 Å². The third-order valence-electron chi connectivity index (χ3n) is 5.70. The average Bonchev–Trinajstić information content (AvgIpc) is 3.24. The van der Waals surface area contributed by atoms with E-state index in [0.717, 1.165) is 35.4 Å². The number of aromatic nitrogens is 3. The molecule has 1 fully saturated rings. The number of anilines is 1. The van der Waals surface area contributed by atoms with Gasteiger partial charge in [0.15, 0.2) is 0 Å². The highest BCUT2D eigenvalue weighted by Crippen LogP contribution is 2.29. The van der Waals surface area contributed by atoms with Gasteiger partial charge in [-0.3, -0.25) is 9.36 Å². The largest absolute Gasteiger partial charge is 0.495 e. The minimum absolute atomic E-state index is 0.0329. The topological polar surface area (TPSA) is 63.5 Å². The van der Waals surface area contributed by atoms with Gasteiger partial charge in [-0.1, -0.05) is 30.3 Å². The van der Waals surface area contributed by atoms with E-state index in [1.807, 2.05) is 58.1 Å². The number of benzene rings is 2. The zero-order valence-electron chi connectivity index (χ0n) is 17.3. The summed E-state index contributed by atoms with van der Waals surface area (Å²) in [6.07, 6.45) is 5.26. The van der Waals surface area contributed by atoms with Crippen molar-refractivity contribution in [3.63, 3.8) is 0 Å². The van der Waals surface area contributed by atoms with Gasteiger partial charge >= 0.3 is 0 Å². The van der Waals surface area contributed by atoms with Crippen molar-refractivity contribution in [2.45, 2.75) is 0 Å². The Balaban J connectivity index is 1.40. The molecule has 0 N–H and O–H groups in total. The summed E-state index contributed by atoms with van der Waals surface area (Å²) >= 11 is 0. The van der Waals surface area contributed by atoms with E-state index in [9.17, 15) is 4.79 Å². The Kier molecular flexibility index (Phi) is 5.00. The van der Waals surface area contributed by atoms with Crippen molar-refractivity contribution >= 4 is 22.5 Å². The van der Waals surface area contributed by atoms with Crippen LogP contribution >= 0.6 is 0 Å². The summed E-state index contributed by atoms with van der Waals surface area (Å²) in [5, 5.41) is 0.909. The Bertz CT molecular complexity index is 1210. The summed E-state index contributed by atoms with van der Waals surface area (Å²) in [7, 11) is 1.69. The van der Waals surface area contributed by atoms with Crippen LogP contribution in [0.5, 0.6) is 5.75 Å². The molecule has 0 bridgehead atoms. The second-order valence-electron chi connectivity index (χ2n) is 7.43. The minimum Gasteiger partial charge on any atom is -0.495 e. The monoisotopic (exact) mass is 413 g/mol. The van der Waals surface area contributed by atoms with Gasteiger partial charge in [0, 0.05) is 50.2 Å². The fraction of sp³-hybridized carbons (Fsp3) is 0.208. The van der Waals surface area contributed by atoms with Crippen molar-refractivity contribution in [2.24, 2.45) is 0 Å². The van der Waals surface area contributed by atoms with E-state index < -0.39 is 0 Å². The standard InChI is InChI=1S/C24H23N5O2/c1-31-22-10-5-4-9-21(22)27-13-15-28(16-14-27)23(30)19-17-29(24-25-11-6-12-26-24)20-8-3-2-7-18(19)20/h2-12,17H,13-16H2,1H3. The molecule has 156 valence electrons. The quantitative estimate of drug-likeness (QED) is 0.513. The number of carbonyl (C=O) groups is 1. The van der Waals surface area contributed by atoms with Crippen LogP contribution in [0.1, 0.15) is 10.4 Å². The van der Waals surface area contributed by atoms with Crippen LogP contribution in [0.25, 0.3) is 16.9 Å². The molecule has 2 aromatic carbocycles. The minimum atomic E-state index is 0.0329. The molecule has 1 amide bonds. The van der Waals surface area contributed by atoms with Gasteiger partial charge in [-0.05, 0) is 24.3 Å². The second-order valence-corrected chi connectivity index (χ2v) is 7.43. The molecule has 0 saturated carbocycles. The van der Waals surface area contributed by atoms with Crippen molar-refractivity contribution in [3.05, 3.63) is 78.8 Å². The third-order valence-corrected chi connectivity index (χ3v) is 5.70. The molecule has 0 radical (unpaired) electrons. The number of amides is 1. The molecule has 5 rings (SSSR count). The van der Waals surface area contributed by atoms with Crippen molar-refractivity contribution in [2.75, 3.05) is 38.2 Å². The highest BCUT2D eigenvalue weighted by molar-refractivity contribution is 6.07. The van der Waals surface area contributed by atoms with Gasteiger partial charge in [-0.2, -0.15) is 0 Å². The molecule has 0 unspecified atom stereocenters. The highest BCUT2D eigenvalue weighted by Gasteiger charge is 2.26. The molecule has 7 heteroatoms. The fourth-order valence-corrected chi connectivity index (χ4v) is 4.14. The van der Waals surface area contributed by atoms with Gasteiger partial charge in [0.05, 0.1) is 23.9 Å². The van der Waals surface area contributed by atoms with Crippen molar-refractivity contribution in [1.82, 2.24) is 19.4 Å². The molecule has 7 nitrogen and oxygen atoms in total. The number of rotatable bonds is 4. The van der Waals surface area contributed by atoms with Gasteiger partial charge in [0.2, 0.25) is 5.95 Å². The molecule has 3 heterocycles. The number of ether oxygens (including phenoxy) is 1. The van der Waals surface area contributed by atoms with Crippen LogP contribution in [-0.2, 0) is 0 Å². The van der Waals surface area contributed by atoms with Gasteiger partial charge in [-0.15, -0.1) is 0 Å². The second kappa shape index (κ2) is 8.10. The molecule has 1 saturated heterocycles. The van der Waals surface area contributed by atoms with Crippen LogP contribution in [0.15, 0.2) is 73.2 Å². The summed E-state index contributed by atoms with van der Waals surface area (Å²) in [6.45, 7) is 2.82. The van der Waals surface area contributed by atoms with Gasteiger partial charge in [0.25, 0.3) is 5.91 Å². The lowest BCUT2D eigenvalue weighted by atomic mass is 10.1. The van der Waals surface area contributed by atoms with E-state index in [2.05, 4.69) is 20.9 Å². The lowest BCUT2D eigenvalue weighted by Crippen LogP contribution is -2.48. The fourth-order valence-electron chi connectivity index (χ4n) is 4.14. The first-order valence-corrected chi connectivity index (χ1v) is 10.3. The Labute approximate surface area is 180 Å². The number of fused-ring (bicyclic) bond motifs is 1. The molecule has 0 atom stereocenters. The van der Waals surface area contributed by atoms with Crippen molar-refractivity contribution < 1.29 is 9.53 Å². The molecule has 0 spiro atoms. The molecule has 4 aromatic rings. The lowest BCUT2D eigenvalue weighted by Gasteiger charge is -2.36. The number of para-hydroxylation sites is 3. The molecule has 31 heavy (non-hydrogen) atoms. The SMILES string of the molecule is COc1ccccc1N1CCN(C(=O)c2cn(-c3ncccn3)c3ccccc23)CC1. The van der Waals surface area contributed by atoms with Crippen LogP contribution in [-0.4, -0.2) is 58.6 Å². The van der Waals surface area contributed by atoms with E-state index in [1.165, 1.54) is 0 Å². The molecular weight excluding hydrogens is 390 g/mol. The predicted molar refractivity (Wildman–Crippen MR) is 120 cm³/mol. The number of hydrogen-bond donors (Lipinski definition) is 0. The lowest BCUT2D eigenvalue weighted by molar-refractivity contribution is 0.0748. The Morgan fingerprint density at radius 1 is 0.903 bits per heavy atom. The third kappa shape index (κ3) is 3.48. The summed E-state index contributed by atoms with van der Waals surface area (Å²) in [5.74, 6) is 1.44. The smallest absolute Gasteiger partial charge is 0.256 e. The zero-order valence-corrected chi connectivity index (χ0v) is 17.3. The van der Waals surface area contributed by atoms with E-state index >= 15 is 0 Å². The van der Waals surface area contributed by atoms with Crippen LogP contribution in [0.4, 0.5) is 5.69 Å². The van der Waals surface area contributed by atoms with Gasteiger partial charge in [-0.25, -0.2) is 9.97 Å². The Morgan fingerprint density at radius 2 is 1.61 bits per heavy atom. The highest BCUT2D eigenvalue weighted by atomic mass is 16.5. The van der Waals surface area contributed by atoms with Gasteiger partial charge < -0.3 is 14.5 Å². The predicted octanol–water partition coefficient (Wildman–Crippen LogP) is 3.39. The molecular formula is C24H23N5O2.